The molecule has 0 saturated heterocycles. The van der Waals surface area contributed by atoms with Gasteiger partial charge in [-0.05, 0) is 36.3 Å². The monoisotopic (exact) mass is 379 g/mol. The van der Waals surface area contributed by atoms with Gasteiger partial charge in [0, 0.05) is 34.2 Å². The zero-order valence-corrected chi connectivity index (χ0v) is 15.7. The van der Waals surface area contributed by atoms with Crippen LogP contribution in [0.4, 0.5) is 0 Å². The second-order valence-corrected chi connectivity index (χ2v) is 7.21. The molecule has 0 aliphatic carbocycles. The lowest BCUT2D eigenvalue weighted by molar-refractivity contribution is -0.116. The van der Waals surface area contributed by atoms with E-state index in [1.165, 1.54) is 5.56 Å². The van der Waals surface area contributed by atoms with Crippen LogP contribution in [0, 0.1) is 6.92 Å². The number of rotatable bonds is 7. The molecule has 0 aliphatic heterocycles. The van der Waals surface area contributed by atoms with E-state index in [0.29, 0.717) is 16.6 Å². The Kier molecular flexibility index (Phi) is 7.70. The van der Waals surface area contributed by atoms with Gasteiger partial charge in [0.05, 0.1) is 0 Å². The lowest BCUT2D eigenvalue weighted by Crippen LogP contribution is -2.23. The largest absolute Gasteiger partial charge is 0.352 e. The van der Waals surface area contributed by atoms with Crippen molar-refractivity contribution in [3.63, 3.8) is 0 Å². The molecule has 0 heterocycles. The maximum absolute atomic E-state index is 11.8. The smallest absolute Gasteiger partial charge is 0.244 e. The summed E-state index contributed by atoms with van der Waals surface area (Å²) in [4.78, 5) is 11.8. The Labute approximate surface area is 157 Å². The molecule has 0 fully saturated rings. The van der Waals surface area contributed by atoms with Crippen LogP contribution in [-0.4, -0.2) is 18.2 Å². The number of nitrogens with one attached hydrogen (secondary N) is 1. The molecule has 0 aliphatic rings. The first-order valence-corrected chi connectivity index (χ1v) is 9.50. The fourth-order valence-corrected chi connectivity index (χ4v) is 3.59. The van der Waals surface area contributed by atoms with Crippen LogP contribution >= 0.6 is 35.0 Å². The molecule has 0 unspecified atom stereocenters. The van der Waals surface area contributed by atoms with Crippen molar-refractivity contribution in [3.05, 3.63) is 75.3 Å². The Morgan fingerprint density at radius 3 is 2.46 bits per heavy atom. The number of hydrogen-bond donors (Lipinski definition) is 1. The molecule has 0 aromatic heterocycles. The normalized spacial score (nSPS) is 11.0. The van der Waals surface area contributed by atoms with E-state index in [-0.39, 0.29) is 5.91 Å². The van der Waals surface area contributed by atoms with E-state index in [0.717, 1.165) is 22.6 Å². The van der Waals surface area contributed by atoms with Crippen molar-refractivity contribution in [2.75, 3.05) is 12.3 Å². The van der Waals surface area contributed by atoms with Gasteiger partial charge in [0.2, 0.25) is 5.91 Å². The second kappa shape index (κ2) is 9.77. The average Bonchev–Trinajstić information content (AvgIpc) is 2.56. The SMILES string of the molecule is Cc1ccc(C=CC(=O)NCCSCc2c(Cl)cccc2Cl)cc1. The first-order valence-electron chi connectivity index (χ1n) is 7.59. The van der Waals surface area contributed by atoms with Crippen LogP contribution in [0.3, 0.4) is 0 Å². The molecule has 0 radical (unpaired) electrons. The van der Waals surface area contributed by atoms with Crippen molar-refractivity contribution in [1.82, 2.24) is 5.32 Å². The Morgan fingerprint density at radius 2 is 1.79 bits per heavy atom. The van der Waals surface area contributed by atoms with Gasteiger partial charge in [0.15, 0.2) is 0 Å². The van der Waals surface area contributed by atoms with Crippen LogP contribution in [0.5, 0.6) is 0 Å². The fraction of sp³-hybridized carbons (Fsp3) is 0.211. The molecule has 2 rings (SSSR count). The minimum atomic E-state index is -0.0908. The van der Waals surface area contributed by atoms with Crippen molar-refractivity contribution >= 4 is 46.9 Å². The van der Waals surface area contributed by atoms with Crippen LogP contribution in [0.1, 0.15) is 16.7 Å². The number of carbonyl (C=O) groups excluding carboxylic acids is 1. The maximum atomic E-state index is 11.8. The summed E-state index contributed by atoms with van der Waals surface area (Å²) in [6.07, 6.45) is 3.37. The highest BCUT2D eigenvalue weighted by Gasteiger charge is 2.05. The number of aryl methyl sites for hydroxylation is 1. The number of halogens is 2. The number of benzene rings is 2. The molecule has 0 saturated carbocycles. The Hall–Kier alpha value is -1.42. The van der Waals surface area contributed by atoms with Crippen LogP contribution in [-0.2, 0) is 10.5 Å². The van der Waals surface area contributed by atoms with Gasteiger partial charge in [-0.25, -0.2) is 0 Å². The molecule has 2 aromatic rings. The number of amides is 1. The summed E-state index contributed by atoms with van der Waals surface area (Å²) in [5.74, 6) is 1.44. The number of carbonyl (C=O) groups is 1. The van der Waals surface area contributed by atoms with Gasteiger partial charge in [0.25, 0.3) is 0 Å². The van der Waals surface area contributed by atoms with Gasteiger partial charge < -0.3 is 5.32 Å². The second-order valence-electron chi connectivity index (χ2n) is 5.29. The quantitative estimate of drug-likeness (QED) is 0.517. The van der Waals surface area contributed by atoms with Crippen LogP contribution in [0.15, 0.2) is 48.5 Å². The van der Waals surface area contributed by atoms with E-state index in [9.17, 15) is 4.79 Å². The van der Waals surface area contributed by atoms with Crippen molar-refractivity contribution in [3.8, 4) is 0 Å². The minimum absolute atomic E-state index is 0.0908. The number of thioether (sulfide) groups is 1. The highest BCUT2D eigenvalue weighted by Crippen LogP contribution is 2.27. The molecule has 0 spiro atoms. The summed E-state index contributed by atoms with van der Waals surface area (Å²) < 4.78 is 0. The zero-order chi connectivity index (χ0) is 17.4. The van der Waals surface area contributed by atoms with E-state index in [2.05, 4.69) is 5.32 Å². The van der Waals surface area contributed by atoms with E-state index in [1.54, 1.807) is 17.8 Å². The number of hydrogen-bond acceptors (Lipinski definition) is 2. The molecule has 1 N–H and O–H groups in total. The summed E-state index contributed by atoms with van der Waals surface area (Å²) in [7, 11) is 0. The fourth-order valence-electron chi connectivity index (χ4n) is 2.00. The predicted octanol–water partition coefficient (Wildman–Crippen LogP) is 5.36. The summed E-state index contributed by atoms with van der Waals surface area (Å²) in [6, 6.07) is 13.5. The third kappa shape index (κ3) is 6.23. The summed E-state index contributed by atoms with van der Waals surface area (Å²) in [6.45, 7) is 2.64. The van der Waals surface area contributed by atoms with Crippen molar-refractivity contribution < 1.29 is 4.79 Å². The lowest BCUT2D eigenvalue weighted by Gasteiger charge is -2.07. The first kappa shape index (κ1) is 18.9. The predicted molar refractivity (Wildman–Crippen MR) is 106 cm³/mol. The molecule has 1 amide bonds. The van der Waals surface area contributed by atoms with E-state index < -0.39 is 0 Å². The van der Waals surface area contributed by atoms with Crippen LogP contribution in [0.2, 0.25) is 10.0 Å². The van der Waals surface area contributed by atoms with Gasteiger partial charge in [0.1, 0.15) is 0 Å². The summed E-state index contributed by atoms with van der Waals surface area (Å²) in [5.41, 5.74) is 3.15. The van der Waals surface area contributed by atoms with E-state index >= 15 is 0 Å². The van der Waals surface area contributed by atoms with Gasteiger partial charge in [-0.2, -0.15) is 11.8 Å². The van der Waals surface area contributed by atoms with E-state index in [4.69, 9.17) is 23.2 Å². The maximum Gasteiger partial charge on any atom is 0.244 e. The molecule has 0 atom stereocenters. The lowest BCUT2D eigenvalue weighted by atomic mass is 10.1. The van der Waals surface area contributed by atoms with E-state index in [1.807, 2.05) is 55.5 Å². The highest BCUT2D eigenvalue weighted by molar-refractivity contribution is 7.98. The van der Waals surface area contributed by atoms with Gasteiger partial charge in [-0.3, -0.25) is 4.79 Å². The molecule has 0 bridgehead atoms. The minimum Gasteiger partial charge on any atom is -0.352 e. The molecular weight excluding hydrogens is 361 g/mol. The molecule has 5 heteroatoms. The van der Waals surface area contributed by atoms with Crippen LogP contribution in [0.25, 0.3) is 6.08 Å². The zero-order valence-electron chi connectivity index (χ0n) is 13.4. The van der Waals surface area contributed by atoms with Gasteiger partial charge >= 0.3 is 0 Å². The topological polar surface area (TPSA) is 29.1 Å². The Morgan fingerprint density at radius 1 is 1.12 bits per heavy atom. The van der Waals surface area contributed by atoms with Crippen LogP contribution < -0.4 is 5.32 Å². The highest BCUT2D eigenvalue weighted by atomic mass is 35.5. The van der Waals surface area contributed by atoms with Crippen molar-refractivity contribution in [2.45, 2.75) is 12.7 Å². The average molecular weight is 380 g/mol. The molecule has 126 valence electrons. The first-order chi connectivity index (χ1) is 11.6. The summed E-state index contributed by atoms with van der Waals surface area (Å²) in [5, 5.41) is 4.23. The molecule has 24 heavy (non-hydrogen) atoms. The Bertz CT molecular complexity index is 694. The molecular formula is C19H19Cl2NOS. The van der Waals surface area contributed by atoms with Crippen molar-refractivity contribution in [2.24, 2.45) is 0 Å². The third-order valence-electron chi connectivity index (χ3n) is 3.36. The standard InChI is InChI=1S/C19H19Cl2NOS/c1-14-5-7-15(8-6-14)9-10-19(23)22-11-12-24-13-16-17(20)3-2-4-18(16)21/h2-10H,11-13H2,1H3,(H,22,23). The van der Waals surface area contributed by atoms with Gasteiger partial charge in [-0.1, -0.05) is 59.1 Å². The summed E-state index contributed by atoms with van der Waals surface area (Å²) >= 11 is 13.9. The third-order valence-corrected chi connectivity index (χ3v) is 5.05. The molecule has 2 nitrogen and oxygen atoms in total. The Balaban J connectivity index is 1.68. The molecule has 2 aromatic carbocycles. The van der Waals surface area contributed by atoms with Crippen molar-refractivity contribution in [1.29, 1.82) is 0 Å². The van der Waals surface area contributed by atoms with Gasteiger partial charge in [-0.15, -0.1) is 0 Å².